The lowest BCUT2D eigenvalue weighted by molar-refractivity contribution is -0.384. The average molecular weight is 375 g/mol. The van der Waals surface area contributed by atoms with E-state index in [1.54, 1.807) is 12.1 Å². The zero-order valence-electron chi connectivity index (χ0n) is 14.9. The molecule has 2 aliphatic rings. The molecule has 0 spiro atoms. The van der Waals surface area contributed by atoms with E-state index in [2.05, 4.69) is 10.2 Å². The highest BCUT2D eigenvalue weighted by Crippen LogP contribution is 2.23. The highest BCUT2D eigenvalue weighted by atomic mass is 19.1. The number of amides is 1. The fourth-order valence-corrected chi connectivity index (χ4v) is 3.64. The lowest BCUT2D eigenvalue weighted by Gasteiger charge is -2.34. The van der Waals surface area contributed by atoms with Crippen molar-refractivity contribution in [2.45, 2.75) is 37.5 Å². The Morgan fingerprint density at radius 2 is 2.00 bits per heavy atom. The number of benzene rings is 1. The van der Waals surface area contributed by atoms with Crippen molar-refractivity contribution in [3.8, 4) is 6.07 Å². The highest BCUT2D eigenvalue weighted by molar-refractivity contribution is 5.79. The summed E-state index contributed by atoms with van der Waals surface area (Å²) in [5.41, 5.74) is 1.01. The molecule has 0 aromatic heterocycles. The standard InChI is InChI=1S/C18H22FN5O3/c19-13-9-17(10-20)23(12-13)18(25)11-21-14-5-7-22(8-6-14)15-1-3-16(4-2-15)24(26)27/h1-4,13-14,17,21H,5-9,11-12H2/t13-,17?/m0/s1. The number of alkyl halides is 1. The second kappa shape index (κ2) is 8.31. The monoisotopic (exact) mass is 375 g/mol. The van der Waals surface area contributed by atoms with Crippen molar-refractivity contribution in [2.24, 2.45) is 0 Å². The largest absolute Gasteiger partial charge is 0.371 e. The van der Waals surface area contributed by atoms with Crippen molar-refractivity contribution in [3.05, 3.63) is 34.4 Å². The minimum Gasteiger partial charge on any atom is -0.371 e. The van der Waals surface area contributed by atoms with Gasteiger partial charge in [0.05, 0.1) is 24.1 Å². The number of piperidine rings is 1. The van der Waals surface area contributed by atoms with Gasteiger partial charge in [0.1, 0.15) is 12.2 Å². The Bertz CT molecular complexity index is 728. The van der Waals surface area contributed by atoms with Crippen LogP contribution in [-0.4, -0.2) is 60.2 Å². The molecule has 9 heteroatoms. The van der Waals surface area contributed by atoms with Crippen LogP contribution in [0, 0.1) is 21.4 Å². The molecule has 2 fully saturated rings. The van der Waals surface area contributed by atoms with Crippen LogP contribution in [0.1, 0.15) is 19.3 Å². The molecule has 8 nitrogen and oxygen atoms in total. The number of rotatable bonds is 5. The SMILES string of the molecule is N#CC1C[C@H](F)CN1C(=O)CNC1CCN(c2ccc([N+](=O)[O-])cc2)CC1. The molecule has 0 aliphatic carbocycles. The van der Waals surface area contributed by atoms with Crippen molar-refractivity contribution in [1.82, 2.24) is 10.2 Å². The molecular formula is C18H22FN5O3. The van der Waals surface area contributed by atoms with Crippen LogP contribution in [0.5, 0.6) is 0 Å². The van der Waals surface area contributed by atoms with Crippen LogP contribution >= 0.6 is 0 Å². The molecule has 1 aromatic rings. The summed E-state index contributed by atoms with van der Waals surface area (Å²) < 4.78 is 13.4. The van der Waals surface area contributed by atoms with Crippen molar-refractivity contribution in [1.29, 1.82) is 5.26 Å². The zero-order chi connectivity index (χ0) is 19.4. The maximum atomic E-state index is 13.4. The molecule has 1 unspecified atom stereocenters. The topological polar surface area (TPSA) is 103 Å². The third kappa shape index (κ3) is 4.52. The molecule has 0 radical (unpaired) electrons. The summed E-state index contributed by atoms with van der Waals surface area (Å²) in [6.07, 6.45) is 0.633. The van der Waals surface area contributed by atoms with Crippen molar-refractivity contribution < 1.29 is 14.1 Å². The van der Waals surface area contributed by atoms with Crippen LogP contribution in [0.2, 0.25) is 0 Å². The Morgan fingerprint density at radius 1 is 1.33 bits per heavy atom. The normalized spacial score (nSPS) is 23.3. The average Bonchev–Trinajstić information content (AvgIpc) is 3.07. The molecular weight excluding hydrogens is 353 g/mol. The summed E-state index contributed by atoms with van der Waals surface area (Å²) in [4.78, 5) is 26.0. The van der Waals surface area contributed by atoms with Crippen LogP contribution in [0.25, 0.3) is 0 Å². The summed E-state index contributed by atoms with van der Waals surface area (Å²) >= 11 is 0. The number of anilines is 1. The first-order valence-electron chi connectivity index (χ1n) is 9.04. The van der Waals surface area contributed by atoms with Gasteiger partial charge in [-0.05, 0) is 25.0 Å². The number of non-ortho nitro benzene ring substituents is 1. The Morgan fingerprint density at radius 3 is 2.59 bits per heavy atom. The summed E-state index contributed by atoms with van der Waals surface area (Å²) in [6.45, 7) is 1.66. The van der Waals surface area contributed by atoms with Gasteiger partial charge in [0.15, 0.2) is 0 Å². The van der Waals surface area contributed by atoms with E-state index in [1.807, 2.05) is 6.07 Å². The maximum Gasteiger partial charge on any atom is 0.269 e. The molecule has 3 rings (SSSR count). The number of nitrogens with zero attached hydrogens (tertiary/aromatic N) is 4. The summed E-state index contributed by atoms with van der Waals surface area (Å²) in [5, 5.41) is 23.0. The van der Waals surface area contributed by atoms with E-state index in [4.69, 9.17) is 5.26 Å². The zero-order valence-corrected chi connectivity index (χ0v) is 14.9. The van der Waals surface area contributed by atoms with E-state index in [-0.39, 0.29) is 37.1 Å². The smallest absolute Gasteiger partial charge is 0.269 e. The molecule has 2 saturated heterocycles. The number of hydrogen-bond donors (Lipinski definition) is 1. The second-order valence-corrected chi connectivity index (χ2v) is 6.94. The first-order valence-corrected chi connectivity index (χ1v) is 9.04. The van der Waals surface area contributed by atoms with E-state index in [1.165, 1.54) is 17.0 Å². The molecule has 0 bridgehead atoms. The molecule has 1 aromatic carbocycles. The number of carbonyl (C=O) groups is 1. The van der Waals surface area contributed by atoms with Gasteiger partial charge in [-0.3, -0.25) is 14.9 Å². The molecule has 1 amide bonds. The Kier molecular flexibility index (Phi) is 5.86. The number of hydrogen-bond acceptors (Lipinski definition) is 6. The van der Waals surface area contributed by atoms with Gasteiger partial charge in [-0.1, -0.05) is 0 Å². The minimum atomic E-state index is -1.12. The van der Waals surface area contributed by atoms with Crippen molar-refractivity contribution in [3.63, 3.8) is 0 Å². The number of nitriles is 1. The number of carbonyl (C=O) groups excluding carboxylic acids is 1. The molecule has 27 heavy (non-hydrogen) atoms. The highest BCUT2D eigenvalue weighted by Gasteiger charge is 2.35. The number of nitro benzene ring substituents is 1. The van der Waals surface area contributed by atoms with Gasteiger partial charge < -0.3 is 15.1 Å². The number of nitrogens with one attached hydrogen (secondary N) is 1. The quantitative estimate of drug-likeness (QED) is 0.620. The van der Waals surface area contributed by atoms with Crippen LogP contribution in [0.4, 0.5) is 15.8 Å². The minimum absolute atomic E-state index is 0.00265. The number of nitro groups is 1. The van der Waals surface area contributed by atoms with Gasteiger partial charge in [-0.15, -0.1) is 0 Å². The summed E-state index contributed by atoms with van der Waals surface area (Å²) in [7, 11) is 0. The van der Waals surface area contributed by atoms with Crippen molar-refractivity contribution in [2.75, 3.05) is 31.1 Å². The predicted octanol–water partition coefficient (Wildman–Crippen LogP) is 1.62. The van der Waals surface area contributed by atoms with E-state index in [0.717, 1.165) is 31.6 Å². The molecule has 2 atom stereocenters. The molecule has 2 heterocycles. The Balaban J connectivity index is 1.45. The van der Waals surface area contributed by atoms with Gasteiger partial charge in [0, 0.05) is 43.4 Å². The second-order valence-electron chi connectivity index (χ2n) is 6.94. The summed E-state index contributed by atoms with van der Waals surface area (Å²) in [5.74, 6) is -0.237. The van der Waals surface area contributed by atoms with Gasteiger partial charge in [0.2, 0.25) is 5.91 Å². The van der Waals surface area contributed by atoms with Gasteiger partial charge in [-0.25, -0.2) is 4.39 Å². The van der Waals surface area contributed by atoms with E-state index in [0.29, 0.717) is 0 Å². The molecule has 1 N–H and O–H groups in total. The number of halogens is 1. The van der Waals surface area contributed by atoms with Crippen LogP contribution in [-0.2, 0) is 4.79 Å². The summed E-state index contributed by atoms with van der Waals surface area (Å²) in [6, 6.07) is 7.98. The fourth-order valence-electron chi connectivity index (χ4n) is 3.64. The van der Waals surface area contributed by atoms with E-state index >= 15 is 0 Å². The molecule has 144 valence electrons. The molecule has 2 aliphatic heterocycles. The van der Waals surface area contributed by atoms with Crippen LogP contribution in [0.3, 0.4) is 0 Å². The van der Waals surface area contributed by atoms with Gasteiger partial charge in [-0.2, -0.15) is 5.26 Å². The first kappa shape index (κ1) is 19.0. The third-order valence-corrected chi connectivity index (χ3v) is 5.18. The number of likely N-dealkylation sites (tertiary alicyclic amines) is 1. The lowest BCUT2D eigenvalue weighted by Crippen LogP contribution is -2.47. The Labute approximate surface area is 156 Å². The van der Waals surface area contributed by atoms with Crippen LogP contribution < -0.4 is 10.2 Å². The first-order chi connectivity index (χ1) is 13.0. The van der Waals surface area contributed by atoms with Crippen molar-refractivity contribution >= 4 is 17.3 Å². The van der Waals surface area contributed by atoms with Gasteiger partial charge >= 0.3 is 0 Å². The lowest BCUT2D eigenvalue weighted by atomic mass is 10.0. The van der Waals surface area contributed by atoms with Crippen LogP contribution in [0.15, 0.2) is 24.3 Å². The maximum absolute atomic E-state index is 13.4. The fraction of sp³-hybridized carbons (Fsp3) is 0.556. The Hall–Kier alpha value is -2.73. The predicted molar refractivity (Wildman–Crippen MR) is 97.0 cm³/mol. The molecule has 0 saturated carbocycles. The third-order valence-electron chi connectivity index (χ3n) is 5.18. The van der Waals surface area contributed by atoms with E-state index in [9.17, 15) is 19.3 Å². The van der Waals surface area contributed by atoms with Gasteiger partial charge in [0.25, 0.3) is 5.69 Å². The van der Waals surface area contributed by atoms with E-state index < -0.39 is 17.1 Å².